The Hall–Kier alpha value is -6.37. The Kier molecular flexibility index (Phi) is 16.9. The van der Waals surface area contributed by atoms with Gasteiger partial charge >= 0.3 is 5.97 Å². The van der Waals surface area contributed by atoms with Crippen molar-refractivity contribution in [3.05, 3.63) is 155 Å². The van der Waals surface area contributed by atoms with E-state index in [1.165, 1.54) is 24.8 Å². The van der Waals surface area contributed by atoms with Crippen molar-refractivity contribution < 1.29 is 19.5 Å². The van der Waals surface area contributed by atoms with E-state index in [1.54, 1.807) is 18.0 Å². The molecule has 0 saturated carbocycles. The lowest BCUT2D eigenvalue weighted by Crippen LogP contribution is -2.25. The number of rotatable bonds is 15. The molecule has 6 rings (SSSR count). The zero-order chi connectivity index (χ0) is 39.7. The highest BCUT2D eigenvalue weighted by molar-refractivity contribution is 6.34. The van der Waals surface area contributed by atoms with Gasteiger partial charge < -0.3 is 15.7 Å². The highest BCUT2D eigenvalue weighted by Gasteiger charge is 2.19. The first-order valence-corrected chi connectivity index (χ1v) is 18.6. The van der Waals surface area contributed by atoms with Crippen molar-refractivity contribution in [1.29, 1.82) is 0 Å². The quantitative estimate of drug-likeness (QED) is 0.0855. The van der Waals surface area contributed by atoms with E-state index in [2.05, 4.69) is 30.6 Å². The number of benzene rings is 4. The molecule has 0 unspecified atom stereocenters. The summed E-state index contributed by atoms with van der Waals surface area (Å²) in [6.07, 6.45) is 9.76. The highest BCUT2D eigenvalue weighted by Crippen LogP contribution is 2.37. The van der Waals surface area contributed by atoms with Crippen LogP contribution in [0.15, 0.2) is 134 Å². The molecule has 2 aromatic heterocycles. The molecule has 2 amide bonds. The van der Waals surface area contributed by atoms with Gasteiger partial charge in [0.2, 0.25) is 17.8 Å². The fourth-order valence-corrected chi connectivity index (χ4v) is 5.88. The molecule has 0 radical (unpaired) electrons. The average Bonchev–Trinajstić information content (AvgIpc) is 3.23. The predicted octanol–water partition coefficient (Wildman–Crippen LogP) is 9.96. The van der Waals surface area contributed by atoms with Gasteiger partial charge in [0.15, 0.2) is 0 Å². The van der Waals surface area contributed by atoms with Crippen LogP contribution >= 0.6 is 23.2 Å². The zero-order valence-electron chi connectivity index (χ0n) is 30.6. The van der Waals surface area contributed by atoms with E-state index in [0.29, 0.717) is 46.2 Å². The average molecular weight is 808 g/mol. The van der Waals surface area contributed by atoms with Crippen LogP contribution in [0, 0.1) is 0 Å². The second-order valence-corrected chi connectivity index (χ2v) is 13.0. The topological polar surface area (TPSA) is 154 Å². The summed E-state index contributed by atoms with van der Waals surface area (Å²) in [6.45, 7) is 0.566. The molecule has 2 heterocycles. The summed E-state index contributed by atoms with van der Waals surface area (Å²) in [6, 6.07) is 34.0. The zero-order valence-corrected chi connectivity index (χ0v) is 32.1. The number of para-hydroxylation sites is 4. The fraction of sp³-hybridized carbons (Fsp3) is 0.186. The summed E-state index contributed by atoms with van der Waals surface area (Å²) >= 11 is 12.8. The van der Waals surface area contributed by atoms with Gasteiger partial charge in [-0.2, -0.15) is 0 Å². The summed E-state index contributed by atoms with van der Waals surface area (Å²) in [5.74, 6) is -0.458. The molecular weight excluding hydrogens is 763 g/mol. The van der Waals surface area contributed by atoms with Crippen molar-refractivity contribution >= 4 is 75.6 Å². The molecule has 0 spiro atoms. The molecule has 3 N–H and O–H groups in total. The summed E-state index contributed by atoms with van der Waals surface area (Å²) in [7, 11) is 1.64. The van der Waals surface area contributed by atoms with Gasteiger partial charge in [-0.25, -0.2) is 24.7 Å². The Morgan fingerprint density at radius 3 is 1.46 bits per heavy atom. The summed E-state index contributed by atoms with van der Waals surface area (Å²) in [4.78, 5) is 55.5. The number of hydrogen-bond acceptors (Lipinski definition) is 9. The fourth-order valence-electron chi connectivity index (χ4n) is 5.44. The van der Waals surface area contributed by atoms with Crippen LogP contribution in [0.5, 0.6) is 0 Å². The largest absolute Gasteiger partial charge is 0.478 e. The maximum Gasteiger partial charge on any atom is 0.338 e. The first kappa shape index (κ1) is 43.4. The number of hydrogen-bond donors (Lipinski definition) is 3. The Balaban J connectivity index is 0.000000263. The lowest BCUT2D eigenvalue weighted by molar-refractivity contribution is -0.120. The van der Waals surface area contributed by atoms with E-state index in [-0.39, 0.29) is 24.8 Å². The lowest BCUT2D eigenvalue weighted by Gasteiger charge is -2.23. The number of anilines is 6. The van der Waals surface area contributed by atoms with Gasteiger partial charge in [-0.3, -0.25) is 19.4 Å². The van der Waals surface area contributed by atoms with Crippen LogP contribution in [0.25, 0.3) is 0 Å². The number of nitrogens with one attached hydrogen (secondary N) is 2. The normalized spacial score (nSPS) is 10.2. The molecule has 6 aromatic rings. The number of unbranched alkanes of at least 4 members (excludes halogenated alkanes) is 3. The van der Waals surface area contributed by atoms with Crippen molar-refractivity contribution in [1.82, 2.24) is 30.6 Å². The first-order chi connectivity index (χ1) is 27.3. The molecule has 0 atom stereocenters. The number of nitrogens with zero attached hydrogens (tertiary/aromatic N) is 6. The van der Waals surface area contributed by atoms with Crippen LogP contribution in [0.1, 0.15) is 60.2 Å². The Morgan fingerprint density at radius 2 is 1.02 bits per heavy atom. The predicted molar refractivity (Wildman–Crippen MR) is 227 cm³/mol. The van der Waals surface area contributed by atoms with Gasteiger partial charge in [0, 0.05) is 56.2 Å². The van der Waals surface area contributed by atoms with E-state index in [0.717, 1.165) is 42.7 Å². The summed E-state index contributed by atoms with van der Waals surface area (Å²) < 4.78 is 0. The maximum absolute atomic E-state index is 12.5. The van der Waals surface area contributed by atoms with Gasteiger partial charge in [-0.05, 0) is 61.4 Å². The van der Waals surface area contributed by atoms with Gasteiger partial charge in [0.05, 0.1) is 32.5 Å². The molecule has 12 nitrogen and oxygen atoms in total. The summed E-state index contributed by atoms with van der Waals surface area (Å²) in [5.41, 5.74) is 3.57. The minimum atomic E-state index is -1.07. The van der Waals surface area contributed by atoms with Crippen LogP contribution < -0.4 is 20.4 Å². The molecule has 0 aliphatic rings. The SMILES string of the molecule is C.CNC(=O)CCCCCCNC(=O)c1cnc(N(c2ccccc2)c2ccccc2Cl)nc1.O=C(O)c1cnc(N(c2ccccc2)c2ccccc2Cl)nc1. The van der Waals surface area contributed by atoms with Gasteiger partial charge in [-0.15, -0.1) is 0 Å². The number of carboxylic acid groups (broad SMARTS) is 1. The van der Waals surface area contributed by atoms with Crippen LogP contribution in [0.4, 0.5) is 34.6 Å². The van der Waals surface area contributed by atoms with Crippen molar-refractivity contribution in [2.45, 2.75) is 39.5 Å². The monoisotopic (exact) mass is 806 g/mol. The number of carboxylic acids is 1. The maximum atomic E-state index is 12.5. The number of carbonyl (C=O) groups excluding carboxylic acids is 2. The Labute approximate surface area is 342 Å². The smallest absolute Gasteiger partial charge is 0.338 e. The van der Waals surface area contributed by atoms with E-state index >= 15 is 0 Å². The van der Waals surface area contributed by atoms with Gasteiger partial charge in [-0.1, -0.05) is 104 Å². The molecule has 0 aliphatic heterocycles. The third kappa shape index (κ3) is 12.3. The molecule has 0 bridgehead atoms. The van der Waals surface area contributed by atoms with Crippen molar-refractivity contribution in [2.24, 2.45) is 0 Å². The van der Waals surface area contributed by atoms with E-state index in [1.807, 2.05) is 108 Å². The minimum absolute atomic E-state index is 0. The number of aromatic nitrogens is 4. The molecule has 0 saturated heterocycles. The van der Waals surface area contributed by atoms with Crippen molar-refractivity contribution in [3.63, 3.8) is 0 Å². The molecule has 57 heavy (non-hydrogen) atoms. The highest BCUT2D eigenvalue weighted by atomic mass is 35.5. The Morgan fingerprint density at radius 1 is 0.596 bits per heavy atom. The van der Waals surface area contributed by atoms with Crippen LogP contribution in [-0.4, -0.2) is 56.4 Å². The first-order valence-electron chi connectivity index (χ1n) is 17.8. The molecule has 0 aliphatic carbocycles. The molecular formula is C43H44Cl2N8O4. The van der Waals surface area contributed by atoms with Crippen molar-refractivity contribution in [3.8, 4) is 0 Å². The third-order valence-electron chi connectivity index (χ3n) is 8.30. The third-order valence-corrected chi connectivity index (χ3v) is 8.94. The van der Waals surface area contributed by atoms with Crippen molar-refractivity contribution in [2.75, 3.05) is 23.4 Å². The van der Waals surface area contributed by atoms with E-state index < -0.39 is 5.97 Å². The standard InChI is InChI=1S/C25H28ClN5O2.C17H12ClN3O2.CH4/c1-27-23(32)15-7-2-3-10-16-28-24(33)19-17-29-25(30-18-19)31(20-11-5-4-6-12-20)22-14-9-8-13-21(22)26;18-14-8-4-5-9-15(14)21(13-6-2-1-3-7-13)17-19-10-12(11-20-17)16(22)23;/h4-6,8-9,11-14,17-18H,2-3,7,10,15-16H2,1H3,(H,27,32)(H,28,33);1-11H,(H,22,23);1H4. The van der Waals surface area contributed by atoms with Gasteiger partial charge in [0.1, 0.15) is 0 Å². The van der Waals surface area contributed by atoms with Gasteiger partial charge in [0.25, 0.3) is 5.91 Å². The number of carbonyl (C=O) groups is 3. The number of aromatic carboxylic acids is 1. The number of halogens is 2. The van der Waals surface area contributed by atoms with E-state index in [4.69, 9.17) is 28.3 Å². The van der Waals surface area contributed by atoms with E-state index in [9.17, 15) is 14.4 Å². The van der Waals surface area contributed by atoms with Crippen LogP contribution in [-0.2, 0) is 4.79 Å². The molecule has 294 valence electrons. The Bertz CT molecular complexity index is 2180. The second kappa shape index (κ2) is 22.2. The molecule has 0 fully saturated rings. The van der Waals surface area contributed by atoms with Crippen LogP contribution in [0.2, 0.25) is 10.0 Å². The molecule has 14 heteroatoms. The van der Waals surface area contributed by atoms with Crippen LogP contribution in [0.3, 0.4) is 0 Å². The minimum Gasteiger partial charge on any atom is -0.478 e. The second-order valence-electron chi connectivity index (χ2n) is 12.2. The summed E-state index contributed by atoms with van der Waals surface area (Å²) in [5, 5.41) is 15.6. The molecule has 4 aromatic carbocycles. The lowest BCUT2D eigenvalue weighted by atomic mass is 10.1. The number of amides is 2.